The molecule has 1 unspecified atom stereocenters. The summed E-state index contributed by atoms with van der Waals surface area (Å²) in [6.07, 6.45) is 0. The monoisotopic (exact) mass is 380 g/mol. The van der Waals surface area contributed by atoms with E-state index in [1.54, 1.807) is 23.1 Å². The lowest BCUT2D eigenvalue weighted by Gasteiger charge is -2.29. The molecule has 1 atom stereocenters. The molecular weight excluding hydrogens is 362 g/mol. The van der Waals surface area contributed by atoms with Crippen LogP contribution >= 0.6 is 0 Å². The average molecular weight is 380 g/mol. The fourth-order valence-electron chi connectivity index (χ4n) is 3.58. The second kappa shape index (κ2) is 7.05. The van der Waals surface area contributed by atoms with Gasteiger partial charge in [-0.2, -0.15) is 0 Å². The molecular formula is C22H18F2N2O2. The normalized spacial score (nSPS) is 18.2. The molecule has 0 bridgehead atoms. The summed E-state index contributed by atoms with van der Waals surface area (Å²) in [6, 6.07) is 19.9. The molecule has 0 aliphatic carbocycles. The Morgan fingerprint density at radius 1 is 0.929 bits per heavy atom. The minimum absolute atomic E-state index is 0.206. The van der Waals surface area contributed by atoms with Crippen LogP contribution in [-0.2, 0) is 16.9 Å². The van der Waals surface area contributed by atoms with Crippen molar-refractivity contribution < 1.29 is 18.7 Å². The standard InChI is InChI=1S/C22H18F2N2O2/c23-18-11-10-16(12-19(18)24)25-22(14-27)17-8-4-5-9-20(17)26(21(22)28)13-15-6-2-1-3-7-15/h1-12,25,27H,13-14H2. The number of nitrogens with zero attached hydrogens (tertiary/aromatic N) is 1. The number of fused-ring (bicyclic) bond motifs is 1. The van der Waals surface area contributed by atoms with Crippen molar-refractivity contribution in [3.63, 3.8) is 0 Å². The number of carbonyl (C=O) groups is 1. The Morgan fingerprint density at radius 2 is 1.64 bits per heavy atom. The van der Waals surface area contributed by atoms with E-state index in [0.717, 1.165) is 17.7 Å². The molecule has 0 aromatic heterocycles. The van der Waals surface area contributed by atoms with Gasteiger partial charge in [0.15, 0.2) is 17.2 Å². The maximum absolute atomic E-state index is 13.7. The van der Waals surface area contributed by atoms with Gasteiger partial charge in [-0.15, -0.1) is 0 Å². The summed E-state index contributed by atoms with van der Waals surface area (Å²) in [5.74, 6) is -2.37. The van der Waals surface area contributed by atoms with E-state index in [2.05, 4.69) is 5.32 Å². The molecule has 1 aliphatic rings. The molecule has 1 aliphatic heterocycles. The van der Waals surface area contributed by atoms with Crippen molar-refractivity contribution in [2.75, 3.05) is 16.8 Å². The Bertz CT molecular complexity index is 1030. The molecule has 0 saturated carbocycles. The summed E-state index contributed by atoms with van der Waals surface area (Å²) in [6.45, 7) is -0.203. The first-order valence-electron chi connectivity index (χ1n) is 8.84. The summed E-state index contributed by atoms with van der Waals surface area (Å²) in [5, 5.41) is 13.2. The minimum atomic E-state index is -1.48. The van der Waals surface area contributed by atoms with E-state index in [1.165, 1.54) is 6.07 Å². The second-order valence-corrected chi connectivity index (χ2v) is 6.71. The summed E-state index contributed by atoms with van der Waals surface area (Å²) in [7, 11) is 0. The number of anilines is 2. The molecule has 28 heavy (non-hydrogen) atoms. The fraction of sp³-hybridized carbons (Fsp3) is 0.136. The lowest BCUT2D eigenvalue weighted by Crippen LogP contribution is -2.48. The van der Waals surface area contributed by atoms with Crippen LogP contribution in [-0.4, -0.2) is 17.6 Å². The molecule has 1 amide bonds. The van der Waals surface area contributed by atoms with Crippen LogP contribution in [0.15, 0.2) is 72.8 Å². The number of aliphatic hydroxyl groups excluding tert-OH is 1. The first-order chi connectivity index (χ1) is 13.5. The van der Waals surface area contributed by atoms with Crippen molar-refractivity contribution in [2.45, 2.75) is 12.1 Å². The first-order valence-corrected chi connectivity index (χ1v) is 8.84. The molecule has 3 aromatic rings. The zero-order chi connectivity index (χ0) is 19.7. The highest BCUT2D eigenvalue weighted by Gasteiger charge is 2.50. The molecule has 6 heteroatoms. The first kappa shape index (κ1) is 18.1. The van der Waals surface area contributed by atoms with Crippen molar-refractivity contribution >= 4 is 17.3 Å². The second-order valence-electron chi connectivity index (χ2n) is 6.71. The fourth-order valence-corrected chi connectivity index (χ4v) is 3.58. The number of benzene rings is 3. The summed E-state index contributed by atoms with van der Waals surface area (Å²) in [4.78, 5) is 15.0. The highest BCUT2D eigenvalue weighted by molar-refractivity contribution is 6.09. The van der Waals surface area contributed by atoms with Gasteiger partial charge in [-0.05, 0) is 23.8 Å². The van der Waals surface area contributed by atoms with Crippen LogP contribution in [0, 0.1) is 11.6 Å². The molecule has 4 nitrogen and oxygen atoms in total. The lowest BCUT2D eigenvalue weighted by molar-refractivity contribution is -0.123. The van der Waals surface area contributed by atoms with Crippen LogP contribution in [0.1, 0.15) is 11.1 Å². The van der Waals surface area contributed by atoms with Crippen molar-refractivity contribution in [2.24, 2.45) is 0 Å². The van der Waals surface area contributed by atoms with Crippen LogP contribution in [0.4, 0.5) is 20.2 Å². The van der Waals surface area contributed by atoms with E-state index >= 15 is 0 Å². The molecule has 4 rings (SSSR count). The molecule has 0 spiro atoms. The summed E-state index contributed by atoms with van der Waals surface area (Å²) in [5.41, 5.74) is 0.920. The SMILES string of the molecule is O=C1N(Cc2ccccc2)c2ccccc2C1(CO)Nc1ccc(F)c(F)c1. The van der Waals surface area contributed by atoms with E-state index < -0.39 is 23.8 Å². The molecule has 0 saturated heterocycles. The average Bonchev–Trinajstić information content (AvgIpc) is 2.95. The number of amides is 1. The van der Waals surface area contributed by atoms with Crippen LogP contribution in [0.2, 0.25) is 0 Å². The lowest BCUT2D eigenvalue weighted by atomic mass is 9.91. The van der Waals surface area contributed by atoms with Gasteiger partial charge in [0.25, 0.3) is 5.91 Å². The van der Waals surface area contributed by atoms with Crippen molar-refractivity contribution in [3.8, 4) is 0 Å². The predicted octanol–water partition coefficient (Wildman–Crippen LogP) is 3.81. The highest BCUT2D eigenvalue weighted by atomic mass is 19.2. The number of hydrogen-bond donors (Lipinski definition) is 2. The molecule has 0 fully saturated rings. The van der Waals surface area contributed by atoms with Crippen molar-refractivity contribution in [1.82, 2.24) is 0 Å². The Hall–Kier alpha value is -3.25. The number of aliphatic hydroxyl groups is 1. The number of hydrogen-bond acceptors (Lipinski definition) is 3. The van der Waals surface area contributed by atoms with Gasteiger partial charge in [0.1, 0.15) is 0 Å². The smallest absolute Gasteiger partial charge is 0.260 e. The molecule has 1 heterocycles. The van der Waals surface area contributed by atoms with Crippen LogP contribution < -0.4 is 10.2 Å². The van der Waals surface area contributed by atoms with E-state index in [0.29, 0.717) is 17.8 Å². The third-order valence-electron chi connectivity index (χ3n) is 4.96. The van der Waals surface area contributed by atoms with Gasteiger partial charge in [-0.25, -0.2) is 8.78 Å². The third-order valence-corrected chi connectivity index (χ3v) is 4.96. The van der Waals surface area contributed by atoms with Gasteiger partial charge in [0.2, 0.25) is 0 Å². The Kier molecular flexibility index (Phi) is 4.57. The maximum atomic E-state index is 13.7. The number of halogens is 2. The zero-order valence-corrected chi connectivity index (χ0v) is 14.9. The van der Waals surface area contributed by atoms with Crippen LogP contribution in [0.25, 0.3) is 0 Å². The maximum Gasteiger partial charge on any atom is 0.260 e. The molecule has 0 radical (unpaired) electrons. The van der Waals surface area contributed by atoms with Crippen LogP contribution in [0.3, 0.4) is 0 Å². The number of rotatable bonds is 5. The van der Waals surface area contributed by atoms with Crippen molar-refractivity contribution in [1.29, 1.82) is 0 Å². The molecule has 3 aromatic carbocycles. The quantitative estimate of drug-likeness (QED) is 0.708. The Balaban J connectivity index is 1.76. The van der Waals surface area contributed by atoms with E-state index in [9.17, 15) is 18.7 Å². The largest absolute Gasteiger partial charge is 0.393 e. The van der Waals surface area contributed by atoms with Gasteiger partial charge in [-0.3, -0.25) is 4.79 Å². The van der Waals surface area contributed by atoms with Gasteiger partial charge in [-0.1, -0.05) is 48.5 Å². The van der Waals surface area contributed by atoms with Crippen molar-refractivity contribution in [3.05, 3.63) is 95.6 Å². The van der Waals surface area contributed by atoms with Gasteiger partial charge >= 0.3 is 0 Å². The summed E-state index contributed by atoms with van der Waals surface area (Å²) < 4.78 is 26.9. The number of carbonyl (C=O) groups excluding carboxylic acids is 1. The zero-order valence-electron chi connectivity index (χ0n) is 14.9. The summed E-state index contributed by atoms with van der Waals surface area (Å²) >= 11 is 0. The Morgan fingerprint density at radius 3 is 2.36 bits per heavy atom. The Labute approximate surface area is 161 Å². The van der Waals surface area contributed by atoms with E-state index in [-0.39, 0.29) is 11.6 Å². The predicted molar refractivity (Wildman–Crippen MR) is 103 cm³/mol. The number of para-hydroxylation sites is 1. The van der Waals surface area contributed by atoms with Crippen LogP contribution in [0.5, 0.6) is 0 Å². The third kappa shape index (κ3) is 2.92. The molecule has 2 N–H and O–H groups in total. The van der Waals surface area contributed by atoms with Gasteiger partial charge in [0.05, 0.1) is 18.8 Å². The minimum Gasteiger partial charge on any atom is -0.393 e. The topological polar surface area (TPSA) is 52.6 Å². The van der Waals surface area contributed by atoms with E-state index in [4.69, 9.17) is 0 Å². The van der Waals surface area contributed by atoms with E-state index in [1.807, 2.05) is 36.4 Å². The molecule has 142 valence electrons. The van der Waals surface area contributed by atoms with Gasteiger partial charge < -0.3 is 15.3 Å². The highest BCUT2D eigenvalue weighted by Crippen LogP contribution is 2.43. The number of nitrogens with one attached hydrogen (secondary N) is 1. The van der Waals surface area contributed by atoms with Gasteiger partial charge in [0, 0.05) is 17.3 Å².